The summed E-state index contributed by atoms with van der Waals surface area (Å²) >= 11 is 0. The smallest absolute Gasteiger partial charge is 0.000529 e. The van der Waals surface area contributed by atoms with Gasteiger partial charge in [0.2, 0.25) is 0 Å². The highest BCUT2D eigenvalue weighted by molar-refractivity contribution is 4.79. The highest BCUT2D eigenvalue weighted by atomic mass is 14.9. The average Bonchev–Trinajstić information content (AvgIpc) is 2.30. The maximum absolute atomic E-state index is 3.74. The second-order valence-electron chi connectivity index (χ2n) is 6.43. The first-order valence-corrected chi connectivity index (χ1v) is 7.66. The molecule has 0 radical (unpaired) electrons. The minimum Gasteiger partial charge on any atom is -0.316 e. The molecule has 104 valence electrons. The van der Waals surface area contributed by atoms with Crippen molar-refractivity contribution in [2.75, 3.05) is 13.1 Å². The van der Waals surface area contributed by atoms with E-state index in [9.17, 15) is 0 Å². The predicted molar refractivity (Wildman–Crippen MR) is 79.5 cm³/mol. The fourth-order valence-corrected chi connectivity index (χ4v) is 2.65. The number of hydrogen-bond donors (Lipinski definition) is 1. The van der Waals surface area contributed by atoms with Crippen LogP contribution in [-0.4, -0.2) is 13.1 Å². The first-order valence-electron chi connectivity index (χ1n) is 7.66. The van der Waals surface area contributed by atoms with Crippen LogP contribution >= 0.6 is 0 Å². The van der Waals surface area contributed by atoms with Gasteiger partial charge in [-0.2, -0.15) is 0 Å². The zero-order chi connectivity index (χ0) is 13.4. The topological polar surface area (TPSA) is 12.0 Å². The van der Waals surface area contributed by atoms with Crippen LogP contribution in [0.1, 0.15) is 80.1 Å². The van der Waals surface area contributed by atoms with Gasteiger partial charge in [-0.3, -0.25) is 0 Å². The molecule has 0 saturated carbocycles. The summed E-state index contributed by atoms with van der Waals surface area (Å²) in [5.74, 6) is 0. The quantitative estimate of drug-likeness (QED) is 0.567. The van der Waals surface area contributed by atoms with E-state index in [4.69, 9.17) is 0 Å². The Morgan fingerprint density at radius 2 is 1.06 bits per heavy atom. The minimum atomic E-state index is 0.496. The Bertz CT molecular complexity index is 170. The van der Waals surface area contributed by atoms with Gasteiger partial charge in [-0.15, -0.1) is 0 Å². The lowest BCUT2D eigenvalue weighted by Gasteiger charge is -2.33. The molecule has 0 aliphatic rings. The van der Waals surface area contributed by atoms with E-state index in [2.05, 4.69) is 46.9 Å². The van der Waals surface area contributed by atoms with Gasteiger partial charge in [0.15, 0.2) is 0 Å². The van der Waals surface area contributed by atoms with Gasteiger partial charge in [0, 0.05) is 13.1 Å². The monoisotopic (exact) mass is 241 g/mol. The molecule has 0 spiro atoms. The van der Waals surface area contributed by atoms with Gasteiger partial charge in [-0.25, -0.2) is 0 Å². The zero-order valence-electron chi connectivity index (χ0n) is 13.2. The Kier molecular flexibility index (Phi) is 8.11. The lowest BCUT2D eigenvalue weighted by molar-refractivity contribution is 0.220. The van der Waals surface area contributed by atoms with Crippen molar-refractivity contribution in [3.05, 3.63) is 0 Å². The van der Waals surface area contributed by atoms with E-state index in [1.165, 1.54) is 51.6 Å². The molecule has 17 heavy (non-hydrogen) atoms. The van der Waals surface area contributed by atoms with E-state index < -0.39 is 0 Å². The standard InChI is InChI=1S/C16H35N/c1-7-11-15(5,9-3)13-17-14-16(6,10-4)12-8-2/h17H,7-14H2,1-6H3. The van der Waals surface area contributed by atoms with Gasteiger partial charge in [-0.1, -0.05) is 54.4 Å². The average molecular weight is 241 g/mol. The fourth-order valence-electron chi connectivity index (χ4n) is 2.65. The van der Waals surface area contributed by atoms with Crippen LogP contribution in [0.15, 0.2) is 0 Å². The molecule has 0 aliphatic heterocycles. The van der Waals surface area contributed by atoms with Crippen LogP contribution in [0.3, 0.4) is 0 Å². The summed E-state index contributed by atoms with van der Waals surface area (Å²) in [5.41, 5.74) is 0.991. The third kappa shape index (κ3) is 6.45. The van der Waals surface area contributed by atoms with Crippen molar-refractivity contribution in [2.24, 2.45) is 10.8 Å². The molecule has 2 unspecified atom stereocenters. The van der Waals surface area contributed by atoms with E-state index in [1.807, 2.05) is 0 Å². The maximum atomic E-state index is 3.74. The first-order chi connectivity index (χ1) is 7.95. The van der Waals surface area contributed by atoms with Crippen molar-refractivity contribution in [1.29, 1.82) is 0 Å². The van der Waals surface area contributed by atoms with E-state index >= 15 is 0 Å². The van der Waals surface area contributed by atoms with Crippen molar-refractivity contribution < 1.29 is 0 Å². The van der Waals surface area contributed by atoms with Crippen molar-refractivity contribution in [1.82, 2.24) is 5.32 Å². The molecule has 0 rings (SSSR count). The number of rotatable bonds is 10. The Hall–Kier alpha value is -0.0400. The molecule has 1 heteroatoms. The van der Waals surface area contributed by atoms with Crippen LogP contribution < -0.4 is 5.32 Å². The van der Waals surface area contributed by atoms with Gasteiger partial charge < -0.3 is 5.32 Å². The van der Waals surface area contributed by atoms with Crippen LogP contribution in [0.25, 0.3) is 0 Å². The Morgan fingerprint density at radius 1 is 0.706 bits per heavy atom. The zero-order valence-corrected chi connectivity index (χ0v) is 13.2. The molecule has 0 amide bonds. The molecule has 0 aromatic rings. The summed E-state index contributed by atoms with van der Waals surface area (Å²) in [6.45, 7) is 16.4. The van der Waals surface area contributed by atoms with E-state index in [1.54, 1.807) is 0 Å². The summed E-state index contributed by atoms with van der Waals surface area (Å²) in [5, 5.41) is 3.74. The van der Waals surface area contributed by atoms with Crippen LogP contribution in [0.4, 0.5) is 0 Å². The lowest BCUT2D eigenvalue weighted by atomic mass is 9.80. The third-order valence-electron chi connectivity index (χ3n) is 4.52. The highest BCUT2D eigenvalue weighted by Crippen LogP contribution is 2.29. The second kappa shape index (κ2) is 8.13. The second-order valence-corrected chi connectivity index (χ2v) is 6.43. The number of nitrogens with one attached hydrogen (secondary N) is 1. The summed E-state index contributed by atoms with van der Waals surface area (Å²) in [6, 6.07) is 0. The van der Waals surface area contributed by atoms with E-state index in [-0.39, 0.29) is 0 Å². The first kappa shape index (κ1) is 17.0. The largest absolute Gasteiger partial charge is 0.316 e. The molecule has 1 nitrogen and oxygen atoms in total. The fraction of sp³-hybridized carbons (Fsp3) is 1.00. The minimum absolute atomic E-state index is 0.496. The van der Waals surface area contributed by atoms with Crippen LogP contribution in [0.2, 0.25) is 0 Å². The van der Waals surface area contributed by atoms with Crippen molar-refractivity contribution >= 4 is 0 Å². The molecule has 0 aromatic heterocycles. The lowest BCUT2D eigenvalue weighted by Crippen LogP contribution is -2.38. The summed E-state index contributed by atoms with van der Waals surface area (Å²) < 4.78 is 0. The molecule has 0 bridgehead atoms. The Balaban J connectivity index is 4.10. The molecule has 0 aliphatic carbocycles. The Labute approximate surface area is 110 Å². The molecule has 0 fully saturated rings. The number of hydrogen-bond acceptors (Lipinski definition) is 1. The van der Waals surface area contributed by atoms with Crippen molar-refractivity contribution in [3.8, 4) is 0 Å². The van der Waals surface area contributed by atoms with Gasteiger partial charge in [0.1, 0.15) is 0 Å². The normalized spacial score (nSPS) is 18.7. The van der Waals surface area contributed by atoms with Gasteiger partial charge in [-0.05, 0) is 36.5 Å². The van der Waals surface area contributed by atoms with Gasteiger partial charge in [0.05, 0.1) is 0 Å². The van der Waals surface area contributed by atoms with E-state index in [0.717, 1.165) is 0 Å². The van der Waals surface area contributed by atoms with Crippen LogP contribution in [0.5, 0.6) is 0 Å². The maximum Gasteiger partial charge on any atom is 0.000529 e. The predicted octanol–water partition coefficient (Wildman–Crippen LogP) is 5.01. The van der Waals surface area contributed by atoms with Gasteiger partial charge >= 0.3 is 0 Å². The van der Waals surface area contributed by atoms with Crippen molar-refractivity contribution in [3.63, 3.8) is 0 Å². The van der Waals surface area contributed by atoms with Gasteiger partial charge in [0.25, 0.3) is 0 Å². The molecule has 0 heterocycles. The summed E-state index contributed by atoms with van der Waals surface area (Å²) in [6.07, 6.45) is 7.84. The molecular weight excluding hydrogens is 206 g/mol. The van der Waals surface area contributed by atoms with Crippen molar-refractivity contribution in [2.45, 2.75) is 80.1 Å². The third-order valence-corrected chi connectivity index (χ3v) is 4.52. The SMILES string of the molecule is CCCC(C)(CC)CNCC(C)(CC)CCC. The van der Waals surface area contributed by atoms with E-state index in [0.29, 0.717) is 10.8 Å². The summed E-state index contributed by atoms with van der Waals surface area (Å²) in [4.78, 5) is 0. The summed E-state index contributed by atoms with van der Waals surface area (Å²) in [7, 11) is 0. The molecule has 0 aromatic carbocycles. The van der Waals surface area contributed by atoms with Crippen LogP contribution in [0, 0.1) is 10.8 Å². The Morgan fingerprint density at radius 3 is 1.29 bits per heavy atom. The molecule has 2 atom stereocenters. The molecular formula is C16H35N. The highest BCUT2D eigenvalue weighted by Gasteiger charge is 2.24. The van der Waals surface area contributed by atoms with Crippen LogP contribution in [-0.2, 0) is 0 Å². The molecule has 0 saturated heterocycles. The molecule has 1 N–H and O–H groups in total.